The quantitative estimate of drug-likeness (QED) is 0.584. The Bertz CT molecular complexity index is 237. The first-order chi connectivity index (χ1) is 4.74. The van der Waals surface area contributed by atoms with Gasteiger partial charge in [0.25, 0.3) is 0 Å². The van der Waals surface area contributed by atoms with Gasteiger partial charge in [0, 0.05) is 11.6 Å². The van der Waals surface area contributed by atoms with Crippen LogP contribution in [0.25, 0.3) is 0 Å². The number of rotatable bonds is 1. The van der Waals surface area contributed by atoms with Gasteiger partial charge >= 0.3 is 0 Å². The largest absolute Gasteiger partial charge is 0.326 e. The van der Waals surface area contributed by atoms with Crippen LogP contribution in [-0.2, 0) is 6.54 Å². The molecule has 0 atom stereocenters. The van der Waals surface area contributed by atoms with Crippen LogP contribution in [0.2, 0.25) is 5.02 Å². The Morgan fingerprint density at radius 2 is 2.20 bits per heavy atom. The summed E-state index contributed by atoms with van der Waals surface area (Å²) in [6, 6.07) is 5.39. The number of hydrogen-bond donors (Lipinski definition) is 1. The van der Waals surface area contributed by atoms with Crippen LogP contribution in [0.3, 0.4) is 0 Å². The molecule has 0 aromatic heterocycles. The van der Waals surface area contributed by atoms with E-state index in [1.807, 2.05) is 6.07 Å². The van der Waals surface area contributed by atoms with Gasteiger partial charge in [-0.05, 0) is 11.6 Å². The van der Waals surface area contributed by atoms with Crippen LogP contribution in [0, 0.1) is 0 Å². The van der Waals surface area contributed by atoms with Crippen LogP contribution in [0.5, 0.6) is 0 Å². The highest BCUT2D eigenvalue weighted by atomic mass is 35.5. The SMILES string of the molecule is [B]c1cc(CN)ccc1Cl. The minimum Gasteiger partial charge on any atom is -0.326 e. The first-order valence-corrected chi connectivity index (χ1v) is 3.36. The Morgan fingerprint density at radius 3 is 2.70 bits per heavy atom. The number of hydrogen-bond acceptors (Lipinski definition) is 1. The monoisotopic (exact) mass is 151 g/mol. The maximum Gasteiger partial charge on any atom is 0.115 e. The van der Waals surface area contributed by atoms with Gasteiger partial charge in [-0.1, -0.05) is 29.2 Å². The van der Waals surface area contributed by atoms with Crippen molar-refractivity contribution in [3.8, 4) is 0 Å². The molecular weight excluding hydrogens is 144 g/mol. The molecule has 0 saturated heterocycles. The summed E-state index contributed by atoms with van der Waals surface area (Å²) in [5, 5.41) is 0.581. The Balaban J connectivity index is 3.04. The zero-order valence-electron chi connectivity index (χ0n) is 5.47. The molecule has 50 valence electrons. The van der Waals surface area contributed by atoms with Crippen molar-refractivity contribution in [2.75, 3.05) is 0 Å². The lowest BCUT2D eigenvalue weighted by Crippen LogP contribution is -2.07. The normalized spacial score (nSPS) is 9.80. The third-order valence-corrected chi connectivity index (χ3v) is 1.64. The van der Waals surface area contributed by atoms with Crippen molar-refractivity contribution < 1.29 is 0 Å². The fourth-order valence-corrected chi connectivity index (χ4v) is 0.838. The summed E-state index contributed by atoms with van der Waals surface area (Å²) in [6.07, 6.45) is 0. The fourth-order valence-electron chi connectivity index (χ4n) is 0.720. The third kappa shape index (κ3) is 1.52. The van der Waals surface area contributed by atoms with Crippen LogP contribution in [0.15, 0.2) is 18.2 Å². The molecule has 0 heterocycles. The van der Waals surface area contributed by atoms with Gasteiger partial charge in [0.1, 0.15) is 7.85 Å². The summed E-state index contributed by atoms with van der Waals surface area (Å²) >= 11 is 5.67. The highest BCUT2D eigenvalue weighted by Crippen LogP contribution is 2.05. The second-order valence-corrected chi connectivity index (χ2v) is 2.47. The molecule has 1 rings (SSSR count). The van der Waals surface area contributed by atoms with E-state index in [0.717, 1.165) is 5.56 Å². The number of benzene rings is 1. The predicted octanol–water partition coefficient (Wildman–Crippen LogP) is 0.592. The van der Waals surface area contributed by atoms with E-state index in [4.69, 9.17) is 25.2 Å². The van der Waals surface area contributed by atoms with Gasteiger partial charge in [0.05, 0.1) is 0 Å². The van der Waals surface area contributed by atoms with Crippen molar-refractivity contribution in [1.82, 2.24) is 0 Å². The van der Waals surface area contributed by atoms with Gasteiger partial charge in [-0.25, -0.2) is 0 Å². The molecule has 0 unspecified atom stereocenters. The highest BCUT2D eigenvalue weighted by Gasteiger charge is 1.93. The molecule has 1 aromatic rings. The molecule has 10 heavy (non-hydrogen) atoms. The van der Waals surface area contributed by atoms with Crippen LogP contribution in [0.4, 0.5) is 0 Å². The van der Waals surface area contributed by atoms with Gasteiger partial charge in [-0.3, -0.25) is 0 Å². The van der Waals surface area contributed by atoms with Crippen LogP contribution in [-0.4, -0.2) is 7.85 Å². The molecule has 0 saturated carbocycles. The van der Waals surface area contributed by atoms with E-state index >= 15 is 0 Å². The summed E-state index contributed by atoms with van der Waals surface area (Å²) in [6.45, 7) is 0.501. The van der Waals surface area contributed by atoms with E-state index in [0.29, 0.717) is 17.0 Å². The van der Waals surface area contributed by atoms with E-state index in [9.17, 15) is 0 Å². The Labute approximate surface area is 66.6 Å². The maximum absolute atomic E-state index is 5.67. The summed E-state index contributed by atoms with van der Waals surface area (Å²) in [7, 11) is 5.51. The Kier molecular flexibility index (Phi) is 2.36. The number of nitrogens with two attached hydrogens (primary N) is 1. The molecule has 0 aliphatic rings. The van der Waals surface area contributed by atoms with Gasteiger partial charge in [-0.15, -0.1) is 0 Å². The van der Waals surface area contributed by atoms with E-state index in [-0.39, 0.29) is 0 Å². The molecule has 1 nitrogen and oxygen atoms in total. The maximum atomic E-state index is 5.67. The summed E-state index contributed by atoms with van der Waals surface area (Å²) in [5.41, 5.74) is 6.96. The second kappa shape index (κ2) is 3.08. The van der Waals surface area contributed by atoms with Crippen molar-refractivity contribution in [3.63, 3.8) is 0 Å². The van der Waals surface area contributed by atoms with Crippen molar-refractivity contribution in [2.45, 2.75) is 6.54 Å². The fraction of sp³-hybridized carbons (Fsp3) is 0.143. The Hall–Kier alpha value is -0.465. The lowest BCUT2D eigenvalue weighted by molar-refractivity contribution is 1.07. The molecule has 0 aliphatic heterocycles. The number of halogens is 1. The van der Waals surface area contributed by atoms with Gasteiger partial charge in [0.2, 0.25) is 0 Å². The van der Waals surface area contributed by atoms with Crippen molar-refractivity contribution in [1.29, 1.82) is 0 Å². The van der Waals surface area contributed by atoms with Crippen molar-refractivity contribution >= 4 is 24.9 Å². The highest BCUT2D eigenvalue weighted by molar-refractivity contribution is 6.45. The smallest absolute Gasteiger partial charge is 0.115 e. The first kappa shape index (κ1) is 7.64. The zero-order chi connectivity index (χ0) is 7.56. The van der Waals surface area contributed by atoms with Crippen LogP contribution >= 0.6 is 11.6 Å². The lowest BCUT2D eigenvalue weighted by atomic mass is 9.94. The summed E-state index contributed by atoms with van der Waals surface area (Å²) < 4.78 is 0. The topological polar surface area (TPSA) is 26.0 Å². The molecule has 0 aliphatic carbocycles. The van der Waals surface area contributed by atoms with E-state index in [1.165, 1.54) is 0 Å². The molecule has 2 radical (unpaired) electrons. The standard InChI is InChI=1S/C7H7BClN/c8-6-3-5(4-10)1-2-7(6)9/h1-3H,4,10H2. The average molecular weight is 151 g/mol. The lowest BCUT2D eigenvalue weighted by Gasteiger charge is -1.99. The first-order valence-electron chi connectivity index (χ1n) is 2.98. The molecule has 0 amide bonds. The molecule has 0 fully saturated rings. The summed E-state index contributed by atoms with van der Waals surface area (Å²) in [5.74, 6) is 0. The molecule has 3 heteroatoms. The average Bonchev–Trinajstić information content (AvgIpc) is 1.95. The van der Waals surface area contributed by atoms with Crippen LogP contribution < -0.4 is 11.2 Å². The van der Waals surface area contributed by atoms with Crippen molar-refractivity contribution in [2.24, 2.45) is 5.73 Å². The van der Waals surface area contributed by atoms with E-state index < -0.39 is 0 Å². The van der Waals surface area contributed by atoms with Gasteiger partial charge in [-0.2, -0.15) is 0 Å². The molecule has 0 spiro atoms. The molecular formula is C7H7BClN. The molecule has 2 N–H and O–H groups in total. The minimum absolute atomic E-state index is 0.501. The van der Waals surface area contributed by atoms with E-state index in [1.54, 1.807) is 12.1 Å². The van der Waals surface area contributed by atoms with Gasteiger partial charge in [0.15, 0.2) is 0 Å². The van der Waals surface area contributed by atoms with Crippen LogP contribution in [0.1, 0.15) is 5.56 Å². The molecule has 1 aromatic carbocycles. The predicted molar refractivity (Wildman–Crippen MR) is 44.7 cm³/mol. The second-order valence-electron chi connectivity index (χ2n) is 2.06. The van der Waals surface area contributed by atoms with Crippen molar-refractivity contribution in [3.05, 3.63) is 28.8 Å². The van der Waals surface area contributed by atoms with Gasteiger partial charge < -0.3 is 5.73 Å². The zero-order valence-corrected chi connectivity index (χ0v) is 6.23. The van der Waals surface area contributed by atoms with E-state index in [2.05, 4.69) is 0 Å². The summed E-state index contributed by atoms with van der Waals surface area (Å²) in [4.78, 5) is 0. The third-order valence-electron chi connectivity index (χ3n) is 1.30. The molecule has 0 bridgehead atoms. The minimum atomic E-state index is 0.501. The Morgan fingerprint density at radius 1 is 1.50 bits per heavy atom.